The van der Waals surface area contributed by atoms with Crippen molar-refractivity contribution in [2.45, 2.75) is 26.3 Å². The Kier molecular flexibility index (Phi) is 5.08. The monoisotopic (exact) mass is 282 g/mol. The maximum absolute atomic E-state index is 11.0. The van der Waals surface area contributed by atoms with Crippen LogP contribution in [0.4, 0.5) is 5.82 Å². The van der Waals surface area contributed by atoms with Crippen molar-refractivity contribution in [2.75, 3.05) is 33.4 Å². The molecule has 0 aromatic carbocycles. The SMILES string of the molecule is COCCN1CCC(Cn2nc(C)cc2[N+](=O)[O-])CC1. The topological polar surface area (TPSA) is 73.4 Å². The maximum atomic E-state index is 11.0. The van der Waals surface area contributed by atoms with Crippen molar-refractivity contribution in [3.05, 3.63) is 21.9 Å². The van der Waals surface area contributed by atoms with Crippen LogP contribution in [0, 0.1) is 23.0 Å². The number of likely N-dealkylation sites (tertiary alicyclic amines) is 1. The third-order valence-corrected chi connectivity index (χ3v) is 3.82. The van der Waals surface area contributed by atoms with Crippen LogP contribution in [-0.4, -0.2) is 53.0 Å². The zero-order valence-corrected chi connectivity index (χ0v) is 12.1. The molecule has 0 atom stereocenters. The molecule has 112 valence electrons. The molecular formula is C13H22N4O3. The normalized spacial score (nSPS) is 17.5. The van der Waals surface area contributed by atoms with Crippen LogP contribution >= 0.6 is 0 Å². The van der Waals surface area contributed by atoms with E-state index in [1.807, 2.05) is 0 Å². The molecule has 0 radical (unpaired) electrons. The van der Waals surface area contributed by atoms with Crippen molar-refractivity contribution in [1.82, 2.24) is 14.7 Å². The van der Waals surface area contributed by atoms with E-state index < -0.39 is 0 Å². The van der Waals surface area contributed by atoms with Crippen LogP contribution in [0.3, 0.4) is 0 Å². The zero-order chi connectivity index (χ0) is 14.5. The summed E-state index contributed by atoms with van der Waals surface area (Å²) < 4.78 is 6.63. The Morgan fingerprint density at radius 1 is 1.50 bits per heavy atom. The van der Waals surface area contributed by atoms with Gasteiger partial charge in [0.2, 0.25) is 0 Å². The first-order valence-electron chi connectivity index (χ1n) is 7.00. The predicted molar refractivity (Wildman–Crippen MR) is 74.7 cm³/mol. The standard InChI is InChI=1S/C13H22N4O3/c1-11-9-13(17(18)19)16(14-11)10-12-3-5-15(6-4-12)7-8-20-2/h9,12H,3-8,10H2,1-2H3. The molecule has 0 bridgehead atoms. The van der Waals surface area contributed by atoms with Crippen LogP contribution < -0.4 is 0 Å². The second-order valence-electron chi connectivity index (χ2n) is 5.36. The molecule has 0 aliphatic carbocycles. The van der Waals surface area contributed by atoms with Gasteiger partial charge in [0.05, 0.1) is 18.4 Å². The van der Waals surface area contributed by atoms with E-state index in [1.165, 1.54) is 6.07 Å². The highest BCUT2D eigenvalue weighted by molar-refractivity contribution is 5.22. The predicted octanol–water partition coefficient (Wildman–Crippen LogP) is 1.46. The summed E-state index contributed by atoms with van der Waals surface area (Å²) in [5, 5.41) is 15.2. The van der Waals surface area contributed by atoms with Crippen LogP contribution in [0.15, 0.2) is 6.07 Å². The number of nitro groups is 1. The Balaban J connectivity index is 1.88. The highest BCUT2D eigenvalue weighted by Crippen LogP contribution is 2.22. The smallest absolute Gasteiger partial charge is 0.345 e. The molecule has 1 fully saturated rings. The van der Waals surface area contributed by atoms with Gasteiger partial charge < -0.3 is 19.8 Å². The first-order valence-corrected chi connectivity index (χ1v) is 7.00. The molecule has 1 aliphatic heterocycles. The van der Waals surface area contributed by atoms with Crippen molar-refractivity contribution >= 4 is 5.82 Å². The Bertz CT molecular complexity index is 452. The van der Waals surface area contributed by atoms with Crippen molar-refractivity contribution in [3.8, 4) is 0 Å². The molecule has 2 heterocycles. The lowest BCUT2D eigenvalue weighted by molar-refractivity contribution is -0.392. The largest absolute Gasteiger partial charge is 0.383 e. The van der Waals surface area contributed by atoms with Gasteiger partial charge in [-0.25, -0.2) is 0 Å². The van der Waals surface area contributed by atoms with Gasteiger partial charge in [-0.15, -0.1) is 4.68 Å². The molecule has 0 unspecified atom stereocenters. The van der Waals surface area contributed by atoms with Crippen molar-refractivity contribution in [1.29, 1.82) is 0 Å². The second-order valence-corrected chi connectivity index (χ2v) is 5.36. The lowest BCUT2D eigenvalue weighted by Crippen LogP contribution is -2.37. The van der Waals surface area contributed by atoms with Crippen molar-refractivity contribution in [2.24, 2.45) is 5.92 Å². The number of ether oxygens (including phenoxy) is 1. The van der Waals surface area contributed by atoms with Crippen molar-refractivity contribution in [3.63, 3.8) is 0 Å². The van der Waals surface area contributed by atoms with Crippen LogP contribution in [0.1, 0.15) is 18.5 Å². The summed E-state index contributed by atoms with van der Waals surface area (Å²) in [5.41, 5.74) is 0.703. The molecule has 1 aromatic heterocycles. The Labute approximate surface area is 118 Å². The quantitative estimate of drug-likeness (QED) is 0.583. The summed E-state index contributed by atoms with van der Waals surface area (Å²) >= 11 is 0. The second kappa shape index (κ2) is 6.81. The molecule has 1 aliphatic rings. The highest BCUT2D eigenvalue weighted by Gasteiger charge is 2.24. The molecule has 1 aromatic rings. The number of hydrogen-bond donors (Lipinski definition) is 0. The molecule has 7 heteroatoms. The average molecular weight is 282 g/mol. The lowest BCUT2D eigenvalue weighted by Gasteiger charge is -2.30. The van der Waals surface area contributed by atoms with E-state index in [9.17, 15) is 10.1 Å². The highest BCUT2D eigenvalue weighted by atomic mass is 16.6. The van der Waals surface area contributed by atoms with Gasteiger partial charge in [-0.3, -0.25) is 0 Å². The van der Waals surface area contributed by atoms with Gasteiger partial charge in [0, 0.05) is 19.6 Å². The number of rotatable bonds is 6. The fourth-order valence-corrected chi connectivity index (χ4v) is 2.67. The third kappa shape index (κ3) is 3.77. The Hall–Kier alpha value is -1.47. The molecule has 1 saturated heterocycles. The van der Waals surface area contributed by atoms with E-state index in [0.29, 0.717) is 18.2 Å². The summed E-state index contributed by atoms with van der Waals surface area (Å²) in [4.78, 5) is 13.0. The molecule has 0 saturated carbocycles. The van der Waals surface area contributed by atoms with Gasteiger partial charge in [0.25, 0.3) is 0 Å². The minimum absolute atomic E-state index is 0.101. The van der Waals surface area contributed by atoms with E-state index in [-0.39, 0.29) is 10.7 Å². The molecule has 20 heavy (non-hydrogen) atoms. The molecule has 0 spiro atoms. The minimum Gasteiger partial charge on any atom is -0.383 e. The van der Waals surface area contributed by atoms with E-state index >= 15 is 0 Å². The number of hydrogen-bond acceptors (Lipinski definition) is 5. The van der Waals surface area contributed by atoms with Gasteiger partial charge in [0.15, 0.2) is 0 Å². The number of aromatic nitrogens is 2. The summed E-state index contributed by atoms with van der Waals surface area (Å²) in [6, 6.07) is 1.54. The number of nitrogens with zero attached hydrogens (tertiary/aromatic N) is 4. The first kappa shape index (κ1) is 14.9. The minimum atomic E-state index is -0.353. The molecule has 2 rings (SSSR count). The maximum Gasteiger partial charge on any atom is 0.345 e. The fourth-order valence-electron chi connectivity index (χ4n) is 2.67. The summed E-state index contributed by atoms with van der Waals surface area (Å²) in [6.45, 7) is 6.21. The average Bonchev–Trinajstić information content (AvgIpc) is 2.79. The van der Waals surface area contributed by atoms with Crippen LogP contribution in [0.5, 0.6) is 0 Å². The van der Waals surface area contributed by atoms with E-state index in [1.54, 1.807) is 18.7 Å². The number of piperidine rings is 1. The summed E-state index contributed by atoms with van der Waals surface area (Å²) in [5.74, 6) is 0.566. The van der Waals surface area contributed by atoms with Crippen molar-refractivity contribution < 1.29 is 9.66 Å². The van der Waals surface area contributed by atoms with Gasteiger partial charge in [-0.05, 0) is 37.8 Å². The Morgan fingerprint density at radius 2 is 2.20 bits per heavy atom. The first-order chi connectivity index (χ1) is 9.60. The van der Waals surface area contributed by atoms with Gasteiger partial charge in [-0.1, -0.05) is 5.10 Å². The Morgan fingerprint density at radius 3 is 2.80 bits per heavy atom. The molecule has 0 N–H and O–H groups in total. The van der Waals surface area contributed by atoms with E-state index in [2.05, 4.69) is 10.00 Å². The van der Waals surface area contributed by atoms with Gasteiger partial charge in [0.1, 0.15) is 6.54 Å². The van der Waals surface area contributed by atoms with Gasteiger partial charge >= 0.3 is 5.82 Å². The fraction of sp³-hybridized carbons (Fsp3) is 0.769. The molecular weight excluding hydrogens is 260 g/mol. The number of aryl methyl sites for hydroxylation is 1. The van der Waals surface area contributed by atoms with Crippen LogP contribution in [0.2, 0.25) is 0 Å². The zero-order valence-electron chi connectivity index (χ0n) is 12.1. The van der Waals surface area contributed by atoms with E-state index in [4.69, 9.17) is 4.74 Å². The summed E-state index contributed by atoms with van der Waals surface area (Å²) in [6.07, 6.45) is 2.11. The van der Waals surface area contributed by atoms with E-state index in [0.717, 1.165) is 39.1 Å². The third-order valence-electron chi connectivity index (χ3n) is 3.82. The molecule has 0 amide bonds. The van der Waals surface area contributed by atoms with Gasteiger partial charge in [-0.2, -0.15) is 0 Å². The molecule has 7 nitrogen and oxygen atoms in total. The lowest BCUT2D eigenvalue weighted by atomic mass is 9.97. The van der Waals surface area contributed by atoms with Crippen LogP contribution in [0.25, 0.3) is 0 Å². The summed E-state index contributed by atoms with van der Waals surface area (Å²) in [7, 11) is 1.71. The van der Waals surface area contributed by atoms with Crippen LogP contribution in [-0.2, 0) is 11.3 Å². The number of methoxy groups -OCH3 is 1.